The summed E-state index contributed by atoms with van der Waals surface area (Å²) in [5.41, 5.74) is 1.23. The number of alkyl halides is 1. The van der Waals surface area contributed by atoms with Gasteiger partial charge in [-0.1, -0.05) is 28.1 Å². The smallest absolute Gasteiger partial charge is 0.322 e. The molecule has 0 saturated carbocycles. The molecule has 0 radical (unpaired) electrons. The summed E-state index contributed by atoms with van der Waals surface area (Å²) in [4.78, 5) is 12.4. The monoisotopic (exact) mass is 316 g/mol. The van der Waals surface area contributed by atoms with Crippen LogP contribution in [0.3, 0.4) is 0 Å². The van der Waals surface area contributed by atoms with Crippen molar-refractivity contribution in [3.8, 4) is 0 Å². The number of carbonyl (C=O) groups is 1. The molecule has 0 aliphatic carbocycles. The molecule has 2 nitrogen and oxygen atoms in total. The van der Waals surface area contributed by atoms with E-state index in [1.54, 1.807) is 13.8 Å². The first kappa shape index (κ1) is 14.6. The number of halogens is 1. The van der Waals surface area contributed by atoms with Gasteiger partial charge < -0.3 is 4.74 Å². The minimum absolute atomic E-state index is 0.219. The number of aryl methyl sites for hydroxylation is 1. The molecular formula is C13H17BrO2S. The summed E-state index contributed by atoms with van der Waals surface area (Å²) in [6.07, 6.45) is 1.74. The molecule has 1 rings (SSSR count). The fraction of sp³-hybridized carbons (Fsp3) is 0.462. The van der Waals surface area contributed by atoms with Gasteiger partial charge in [-0.2, -0.15) is 0 Å². The lowest BCUT2D eigenvalue weighted by Gasteiger charge is -2.14. The van der Waals surface area contributed by atoms with Crippen molar-refractivity contribution in [3.05, 3.63) is 29.8 Å². The molecule has 0 aromatic heterocycles. The standard InChI is InChI=1S/C13H17BrO2S/c1-13(2,14)12(15)16-9-3-4-10-5-7-11(17)8-6-10/h5-8,17H,3-4,9H2,1-2H3. The lowest BCUT2D eigenvalue weighted by Crippen LogP contribution is -2.26. The Balaban J connectivity index is 2.25. The number of hydrogen-bond acceptors (Lipinski definition) is 3. The summed E-state index contributed by atoms with van der Waals surface area (Å²) in [5, 5.41) is 0. The van der Waals surface area contributed by atoms with E-state index >= 15 is 0 Å². The maximum absolute atomic E-state index is 11.4. The second-order valence-corrected chi connectivity index (χ2v) is 6.88. The Morgan fingerprint density at radius 2 is 1.94 bits per heavy atom. The minimum atomic E-state index is -0.597. The van der Waals surface area contributed by atoms with Gasteiger partial charge in [0.25, 0.3) is 0 Å². The van der Waals surface area contributed by atoms with E-state index in [-0.39, 0.29) is 5.97 Å². The second-order valence-electron chi connectivity index (χ2n) is 4.38. The number of rotatable bonds is 5. The second kappa shape index (κ2) is 6.45. The SMILES string of the molecule is CC(C)(Br)C(=O)OCCCc1ccc(S)cc1. The number of carbonyl (C=O) groups excluding carboxylic acids is 1. The molecular weight excluding hydrogens is 300 g/mol. The fourth-order valence-electron chi connectivity index (χ4n) is 1.28. The van der Waals surface area contributed by atoms with Gasteiger partial charge in [-0.05, 0) is 44.4 Å². The van der Waals surface area contributed by atoms with Gasteiger partial charge in [-0.3, -0.25) is 4.79 Å². The molecule has 1 aromatic carbocycles. The van der Waals surface area contributed by atoms with Crippen LogP contribution in [0.15, 0.2) is 29.2 Å². The van der Waals surface area contributed by atoms with Crippen molar-refractivity contribution in [3.63, 3.8) is 0 Å². The Labute approximate surface area is 116 Å². The Morgan fingerprint density at radius 3 is 2.47 bits per heavy atom. The summed E-state index contributed by atoms with van der Waals surface area (Å²) in [6, 6.07) is 8.01. The average Bonchev–Trinajstić information content (AvgIpc) is 2.25. The van der Waals surface area contributed by atoms with E-state index in [1.807, 2.05) is 24.3 Å². The van der Waals surface area contributed by atoms with Gasteiger partial charge in [0.15, 0.2) is 0 Å². The summed E-state index contributed by atoms with van der Waals surface area (Å²) < 4.78 is 4.55. The molecule has 0 heterocycles. The van der Waals surface area contributed by atoms with Gasteiger partial charge in [0.1, 0.15) is 4.32 Å². The molecule has 0 bridgehead atoms. The largest absolute Gasteiger partial charge is 0.465 e. The van der Waals surface area contributed by atoms with Crippen molar-refractivity contribution in [2.24, 2.45) is 0 Å². The maximum atomic E-state index is 11.4. The predicted octanol–water partition coefficient (Wildman–Crippen LogP) is 3.62. The van der Waals surface area contributed by atoms with Gasteiger partial charge in [-0.15, -0.1) is 12.6 Å². The number of ether oxygens (including phenoxy) is 1. The molecule has 0 atom stereocenters. The Bertz CT molecular complexity index is 368. The summed E-state index contributed by atoms with van der Waals surface area (Å²) >= 11 is 7.49. The van der Waals surface area contributed by atoms with Crippen molar-refractivity contribution >= 4 is 34.5 Å². The van der Waals surface area contributed by atoms with E-state index in [0.717, 1.165) is 17.7 Å². The average molecular weight is 317 g/mol. The molecule has 94 valence electrons. The molecule has 0 amide bonds. The van der Waals surface area contributed by atoms with Crippen LogP contribution < -0.4 is 0 Å². The number of hydrogen-bond donors (Lipinski definition) is 1. The van der Waals surface area contributed by atoms with Gasteiger partial charge in [-0.25, -0.2) is 0 Å². The van der Waals surface area contributed by atoms with E-state index in [2.05, 4.69) is 28.6 Å². The molecule has 0 saturated heterocycles. The van der Waals surface area contributed by atoms with Crippen LogP contribution in [-0.2, 0) is 16.0 Å². The minimum Gasteiger partial charge on any atom is -0.465 e. The molecule has 1 aromatic rings. The van der Waals surface area contributed by atoms with Gasteiger partial charge >= 0.3 is 5.97 Å². The summed E-state index contributed by atoms with van der Waals surface area (Å²) in [5.74, 6) is -0.219. The highest BCUT2D eigenvalue weighted by Crippen LogP contribution is 2.17. The number of esters is 1. The van der Waals surface area contributed by atoms with Crippen LogP contribution in [0.4, 0.5) is 0 Å². The molecule has 0 fully saturated rings. The Kier molecular flexibility index (Phi) is 5.53. The van der Waals surface area contributed by atoms with Crippen molar-refractivity contribution in [2.75, 3.05) is 6.61 Å². The Morgan fingerprint density at radius 1 is 1.35 bits per heavy atom. The quantitative estimate of drug-likeness (QED) is 0.388. The Hall–Kier alpha value is -0.480. The van der Waals surface area contributed by atoms with Crippen molar-refractivity contribution in [1.82, 2.24) is 0 Å². The number of thiol groups is 1. The molecule has 17 heavy (non-hydrogen) atoms. The fourth-order valence-corrected chi connectivity index (χ4v) is 1.54. The first-order valence-corrected chi connectivity index (χ1v) is 6.77. The summed E-state index contributed by atoms with van der Waals surface area (Å²) in [6.45, 7) is 4.01. The van der Waals surface area contributed by atoms with E-state index in [1.165, 1.54) is 5.56 Å². The highest BCUT2D eigenvalue weighted by Gasteiger charge is 2.24. The van der Waals surface area contributed by atoms with E-state index in [9.17, 15) is 4.79 Å². The third-order valence-corrected chi connectivity index (χ3v) is 2.89. The zero-order valence-corrected chi connectivity index (χ0v) is 12.6. The molecule has 0 spiro atoms. The van der Waals surface area contributed by atoms with Crippen LogP contribution in [-0.4, -0.2) is 16.9 Å². The van der Waals surface area contributed by atoms with Crippen LogP contribution in [0.5, 0.6) is 0 Å². The van der Waals surface area contributed by atoms with Gasteiger partial charge in [0.2, 0.25) is 0 Å². The van der Waals surface area contributed by atoms with E-state index < -0.39 is 4.32 Å². The van der Waals surface area contributed by atoms with Crippen molar-refractivity contribution in [1.29, 1.82) is 0 Å². The normalized spacial score (nSPS) is 11.3. The van der Waals surface area contributed by atoms with Crippen molar-refractivity contribution in [2.45, 2.75) is 35.9 Å². The zero-order valence-electron chi connectivity index (χ0n) is 10.1. The van der Waals surface area contributed by atoms with Gasteiger partial charge in [0.05, 0.1) is 6.61 Å². The number of benzene rings is 1. The van der Waals surface area contributed by atoms with Crippen LogP contribution in [0.2, 0.25) is 0 Å². The first-order chi connectivity index (χ1) is 7.89. The molecule has 0 unspecified atom stereocenters. The summed E-state index contributed by atoms with van der Waals surface area (Å²) in [7, 11) is 0. The molecule has 0 aliphatic rings. The molecule has 0 aliphatic heterocycles. The zero-order chi connectivity index (χ0) is 12.9. The van der Waals surface area contributed by atoms with E-state index in [4.69, 9.17) is 4.74 Å². The van der Waals surface area contributed by atoms with Gasteiger partial charge in [0, 0.05) is 4.90 Å². The van der Waals surface area contributed by atoms with E-state index in [0.29, 0.717) is 6.61 Å². The predicted molar refractivity (Wildman–Crippen MR) is 76.0 cm³/mol. The first-order valence-electron chi connectivity index (χ1n) is 5.53. The lowest BCUT2D eigenvalue weighted by molar-refractivity contribution is -0.145. The molecule has 0 N–H and O–H groups in total. The van der Waals surface area contributed by atoms with Crippen LogP contribution in [0.25, 0.3) is 0 Å². The third-order valence-electron chi connectivity index (χ3n) is 2.26. The van der Waals surface area contributed by atoms with Crippen LogP contribution >= 0.6 is 28.6 Å². The topological polar surface area (TPSA) is 26.3 Å². The highest BCUT2D eigenvalue weighted by molar-refractivity contribution is 9.10. The molecule has 4 heteroatoms. The lowest BCUT2D eigenvalue weighted by atomic mass is 10.1. The highest BCUT2D eigenvalue weighted by atomic mass is 79.9. The third kappa shape index (κ3) is 5.59. The maximum Gasteiger partial charge on any atom is 0.322 e. The van der Waals surface area contributed by atoms with Crippen LogP contribution in [0, 0.1) is 0 Å². The van der Waals surface area contributed by atoms with Crippen molar-refractivity contribution < 1.29 is 9.53 Å². The van der Waals surface area contributed by atoms with Crippen LogP contribution in [0.1, 0.15) is 25.8 Å².